The molecular weight excluding hydrogens is 308 g/mol. The van der Waals surface area contributed by atoms with E-state index in [1.807, 2.05) is 31.2 Å². The second kappa shape index (κ2) is 7.39. The summed E-state index contributed by atoms with van der Waals surface area (Å²) in [7, 11) is 0. The molecule has 0 spiro atoms. The maximum absolute atomic E-state index is 12.0. The van der Waals surface area contributed by atoms with Gasteiger partial charge in [0.15, 0.2) is 0 Å². The van der Waals surface area contributed by atoms with Crippen molar-refractivity contribution in [3.8, 4) is 0 Å². The molecule has 3 rings (SSSR count). The summed E-state index contributed by atoms with van der Waals surface area (Å²) in [5.41, 5.74) is 6.29. The van der Waals surface area contributed by atoms with E-state index in [0.29, 0.717) is 18.1 Å². The maximum atomic E-state index is 12.0. The van der Waals surface area contributed by atoms with Crippen LogP contribution in [0.15, 0.2) is 29.2 Å². The molecule has 2 bridgehead atoms. The summed E-state index contributed by atoms with van der Waals surface area (Å²) in [5.74, 6) is 2.18. The highest BCUT2D eigenvalue weighted by Gasteiger charge is 2.40. The van der Waals surface area contributed by atoms with Crippen LogP contribution < -0.4 is 10.9 Å². The first-order valence-corrected chi connectivity index (χ1v) is 9.36. The average Bonchev–Trinajstić information content (AvgIpc) is 3.15. The van der Waals surface area contributed by atoms with Crippen LogP contribution in [0.25, 0.3) is 0 Å². The maximum Gasteiger partial charge on any atom is 0.248 e. The average molecular weight is 332 g/mol. The zero-order valence-corrected chi connectivity index (χ0v) is 14.3. The molecule has 0 radical (unpaired) electrons. The van der Waals surface area contributed by atoms with Crippen LogP contribution >= 0.6 is 11.8 Å². The van der Waals surface area contributed by atoms with E-state index in [2.05, 4.69) is 10.9 Å². The molecule has 3 atom stereocenters. The van der Waals surface area contributed by atoms with Gasteiger partial charge in [-0.3, -0.25) is 20.4 Å². The number of hydrogen-bond acceptors (Lipinski definition) is 3. The monoisotopic (exact) mass is 332 g/mol. The number of rotatable bonds is 5. The highest BCUT2D eigenvalue weighted by Crippen LogP contribution is 2.49. The van der Waals surface area contributed by atoms with Gasteiger partial charge < -0.3 is 0 Å². The quantitative estimate of drug-likeness (QED) is 0.643. The number of carbonyl (C=O) groups excluding carboxylic acids is 2. The van der Waals surface area contributed by atoms with Crippen molar-refractivity contribution < 1.29 is 9.59 Å². The number of carbonyl (C=O) groups is 2. The van der Waals surface area contributed by atoms with Crippen molar-refractivity contribution in [3.05, 3.63) is 29.8 Å². The number of fused-ring (bicyclic) bond motifs is 2. The Morgan fingerprint density at radius 2 is 1.83 bits per heavy atom. The lowest BCUT2D eigenvalue weighted by Crippen LogP contribution is -2.43. The Hall–Kier alpha value is -1.49. The summed E-state index contributed by atoms with van der Waals surface area (Å²) in [6, 6.07) is 8.05. The largest absolute Gasteiger partial charge is 0.273 e. The Labute approximate surface area is 141 Å². The highest BCUT2D eigenvalue weighted by atomic mass is 32.2. The topological polar surface area (TPSA) is 58.2 Å². The third kappa shape index (κ3) is 4.50. The van der Waals surface area contributed by atoms with E-state index in [1.54, 1.807) is 0 Å². The van der Waals surface area contributed by atoms with Gasteiger partial charge in [-0.05, 0) is 56.1 Å². The molecule has 124 valence electrons. The molecule has 0 heterocycles. The Morgan fingerprint density at radius 1 is 1.09 bits per heavy atom. The van der Waals surface area contributed by atoms with Gasteiger partial charge in [-0.1, -0.05) is 24.1 Å². The predicted octanol–water partition coefficient (Wildman–Crippen LogP) is 3.06. The van der Waals surface area contributed by atoms with E-state index < -0.39 is 0 Å². The Kier molecular flexibility index (Phi) is 5.26. The van der Waals surface area contributed by atoms with Crippen LogP contribution in [-0.4, -0.2) is 17.6 Å². The molecule has 4 nitrogen and oxygen atoms in total. The smallest absolute Gasteiger partial charge is 0.248 e. The summed E-state index contributed by atoms with van der Waals surface area (Å²) in [4.78, 5) is 24.8. The molecular formula is C18H24N2O2S. The van der Waals surface area contributed by atoms with Gasteiger partial charge in [0.25, 0.3) is 0 Å². The molecule has 23 heavy (non-hydrogen) atoms. The van der Waals surface area contributed by atoms with Crippen molar-refractivity contribution in [1.82, 2.24) is 10.9 Å². The molecule has 2 saturated carbocycles. The molecule has 0 unspecified atom stereocenters. The van der Waals surface area contributed by atoms with Crippen LogP contribution in [0.1, 0.15) is 37.7 Å². The molecule has 0 aromatic heterocycles. The fraction of sp³-hybridized carbons (Fsp3) is 0.556. The molecule has 5 heteroatoms. The van der Waals surface area contributed by atoms with Gasteiger partial charge in [-0.2, -0.15) is 0 Å². The molecule has 2 aliphatic carbocycles. The summed E-state index contributed by atoms with van der Waals surface area (Å²) in [5, 5.41) is 0. The van der Waals surface area contributed by atoms with Gasteiger partial charge in [0.05, 0.1) is 5.75 Å². The number of aryl methyl sites for hydroxylation is 1. The molecule has 2 aliphatic rings. The molecule has 0 aliphatic heterocycles. The summed E-state index contributed by atoms with van der Waals surface area (Å²) >= 11 is 1.47. The third-order valence-corrected chi connectivity index (χ3v) is 6.08. The molecule has 2 fully saturated rings. The molecule has 1 aromatic rings. The fourth-order valence-electron chi connectivity index (χ4n) is 3.87. The molecule has 2 N–H and O–H groups in total. The predicted molar refractivity (Wildman–Crippen MR) is 91.7 cm³/mol. The minimum absolute atomic E-state index is 0.0590. The first kappa shape index (κ1) is 16.4. The van der Waals surface area contributed by atoms with Gasteiger partial charge in [-0.25, -0.2) is 0 Å². The van der Waals surface area contributed by atoms with E-state index in [-0.39, 0.29) is 11.8 Å². The minimum atomic E-state index is -0.170. The summed E-state index contributed by atoms with van der Waals surface area (Å²) in [6.45, 7) is 2.03. The van der Waals surface area contributed by atoms with Gasteiger partial charge in [0, 0.05) is 11.3 Å². The number of nitrogens with one attached hydrogen (secondary N) is 2. The van der Waals surface area contributed by atoms with Crippen molar-refractivity contribution in [2.24, 2.45) is 17.8 Å². The lowest BCUT2D eigenvalue weighted by atomic mass is 9.86. The van der Waals surface area contributed by atoms with E-state index >= 15 is 0 Å². The standard InChI is InChI=1S/C18H24N2O2S/c1-12-2-6-16(7-3-12)23-11-18(22)20-19-17(21)10-15-9-13-4-5-14(15)8-13/h2-3,6-7,13-15H,4-5,8-11H2,1H3,(H,19,21)(H,20,22)/t13-,14-,15-/m0/s1. The van der Waals surface area contributed by atoms with E-state index in [0.717, 1.165) is 16.7 Å². The number of hydrazine groups is 1. The number of hydrogen-bond donors (Lipinski definition) is 2. The van der Waals surface area contributed by atoms with Gasteiger partial charge in [0.2, 0.25) is 11.8 Å². The van der Waals surface area contributed by atoms with Gasteiger partial charge in [0.1, 0.15) is 0 Å². The molecule has 2 amide bonds. The van der Waals surface area contributed by atoms with Crippen molar-refractivity contribution in [2.45, 2.75) is 43.9 Å². The first-order chi connectivity index (χ1) is 11.1. The number of amides is 2. The van der Waals surface area contributed by atoms with E-state index in [4.69, 9.17) is 0 Å². The van der Waals surface area contributed by atoms with Crippen molar-refractivity contribution in [3.63, 3.8) is 0 Å². The summed E-state index contributed by atoms with van der Waals surface area (Å²) in [6.07, 6.45) is 5.66. The van der Waals surface area contributed by atoms with Crippen LogP contribution in [-0.2, 0) is 9.59 Å². The fourth-order valence-corrected chi connectivity index (χ4v) is 4.57. The second-order valence-electron chi connectivity index (χ2n) is 6.84. The Balaban J connectivity index is 1.34. The van der Waals surface area contributed by atoms with Crippen LogP contribution in [0.3, 0.4) is 0 Å². The normalized spacial score (nSPS) is 25.3. The first-order valence-electron chi connectivity index (χ1n) is 8.37. The molecule has 0 saturated heterocycles. The van der Waals surface area contributed by atoms with Crippen LogP contribution in [0.5, 0.6) is 0 Å². The zero-order valence-electron chi connectivity index (χ0n) is 13.5. The van der Waals surface area contributed by atoms with Gasteiger partial charge in [-0.15, -0.1) is 11.8 Å². The minimum Gasteiger partial charge on any atom is -0.273 e. The zero-order chi connectivity index (χ0) is 16.2. The van der Waals surface area contributed by atoms with Crippen molar-refractivity contribution in [2.75, 3.05) is 5.75 Å². The summed E-state index contributed by atoms with van der Waals surface area (Å²) < 4.78 is 0. The number of thioether (sulfide) groups is 1. The van der Waals surface area contributed by atoms with Crippen molar-refractivity contribution in [1.29, 1.82) is 0 Å². The van der Waals surface area contributed by atoms with Crippen molar-refractivity contribution >= 4 is 23.6 Å². The number of benzene rings is 1. The van der Waals surface area contributed by atoms with E-state index in [1.165, 1.54) is 43.0 Å². The van der Waals surface area contributed by atoms with Crippen LogP contribution in [0.4, 0.5) is 0 Å². The lowest BCUT2D eigenvalue weighted by Gasteiger charge is -2.20. The molecule has 1 aromatic carbocycles. The van der Waals surface area contributed by atoms with Gasteiger partial charge >= 0.3 is 0 Å². The van der Waals surface area contributed by atoms with Crippen LogP contribution in [0.2, 0.25) is 0 Å². The lowest BCUT2D eigenvalue weighted by molar-refractivity contribution is -0.128. The Bertz CT molecular complexity index is 573. The second-order valence-corrected chi connectivity index (χ2v) is 7.89. The SMILES string of the molecule is Cc1ccc(SCC(=O)NNC(=O)C[C@@H]2C[C@H]3CC[C@H]2C3)cc1. The Morgan fingerprint density at radius 3 is 2.48 bits per heavy atom. The highest BCUT2D eigenvalue weighted by molar-refractivity contribution is 8.00. The van der Waals surface area contributed by atoms with E-state index in [9.17, 15) is 9.59 Å². The van der Waals surface area contributed by atoms with Crippen LogP contribution in [0, 0.1) is 24.7 Å². The third-order valence-electron chi connectivity index (χ3n) is 5.06.